The molecule has 1 aliphatic rings. The van der Waals surface area contributed by atoms with Crippen molar-refractivity contribution >= 4 is 22.8 Å². The average molecular weight is 316 g/mol. The molecule has 2 heterocycles. The van der Waals surface area contributed by atoms with Crippen LogP contribution >= 0.6 is 0 Å². The Morgan fingerprint density at radius 3 is 2.61 bits per heavy atom. The Balaban J connectivity index is 1.98. The Hall–Kier alpha value is -2.34. The molecule has 1 atom stereocenters. The van der Waals surface area contributed by atoms with Gasteiger partial charge in [-0.2, -0.15) is 0 Å². The third kappa shape index (κ3) is 2.82. The van der Waals surface area contributed by atoms with E-state index in [-0.39, 0.29) is 5.91 Å². The molecular formula is C17H20N2O4. The maximum absolute atomic E-state index is 12.7. The molecule has 1 aromatic heterocycles. The second kappa shape index (κ2) is 6.42. The summed E-state index contributed by atoms with van der Waals surface area (Å²) in [5.74, 6) is -0.364. The summed E-state index contributed by atoms with van der Waals surface area (Å²) in [5, 5.41) is 0.793. The van der Waals surface area contributed by atoms with Crippen molar-refractivity contribution in [2.75, 3.05) is 33.4 Å². The lowest BCUT2D eigenvalue weighted by molar-refractivity contribution is -0.138. The number of morpholine rings is 1. The van der Waals surface area contributed by atoms with E-state index in [1.165, 1.54) is 7.11 Å². The Labute approximate surface area is 134 Å². The number of amides is 1. The van der Waals surface area contributed by atoms with E-state index in [0.29, 0.717) is 31.9 Å². The summed E-state index contributed by atoms with van der Waals surface area (Å²) in [7, 11) is 1.36. The zero-order chi connectivity index (χ0) is 16.4. The molecule has 23 heavy (non-hydrogen) atoms. The van der Waals surface area contributed by atoms with Crippen LogP contribution in [0.15, 0.2) is 30.5 Å². The molecule has 1 aromatic carbocycles. The summed E-state index contributed by atoms with van der Waals surface area (Å²) in [4.78, 5) is 26.5. The Bertz CT molecular complexity index is 731. The maximum atomic E-state index is 12.7. The smallest absolute Gasteiger partial charge is 0.340 e. The number of benzene rings is 1. The van der Waals surface area contributed by atoms with Gasteiger partial charge in [-0.25, -0.2) is 4.79 Å². The van der Waals surface area contributed by atoms with E-state index in [1.807, 2.05) is 35.8 Å². The van der Waals surface area contributed by atoms with Crippen LogP contribution < -0.4 is 0 Å². The second-order valence-electron chi connectivity index (χ2n) is 5.57. The highest BCUT2D eigenvalue weighted by atomic mass is 16.5. The highest BCUT2D eigenvalue weighted by Gasteiger charge is 2.26. The number of hydrogen-bond donors (Lipinski definition) is 0. The number of nitrogens with zero attached hydrogens (tertiary/aromatic N) is 2. The van der Waals surface area contributed by atoms with E-state index in [9.17, 15) is 9.59 Å². The summed E-state index contributed by atoms with van der Waals surface area (Å²) in [6.07, 6.45) is 1.71. The number of fused-ring (bicyclic) bond motifs is 1. The van der Waals surface area contributed by atoms with Crippen molar-refractivity contribution < 1.29 is 19.1 Å². The average Bonchev–Trinajstić information content (AvgIpc) is 3.00. The number of para-hydroxylation sites is 1. The molecule has 0 N–H and O–H groups in total. The molecule has 6 nitrogen and oxygen atoms in total. The quantitative estimate of drug-likeness (QED) is 0.811. The molecule has 1 saturated heterocycles. The minimum atomic E-state index is -0.397. The molecule has 0 aliphatic carbocycles. The van der Waals surface area contributed by atoms with Crippen molar-refractivity contribution in [3.05, 3.63) is 36.0 Å². The number of esters is 1. The first-order valence-corrected chi connectivity index (χ1v) is 7.68. The molecule has 1 fully saturated rings. The second-order valence-corrected chi connectivity index (χ2v) is 5.57. The van der Waals surface area contributed by atoms with Gasteiger partial charge in [0.05, 0.1) is 25.9 Å². The lowest BCUT2D eigenvalue weighted by Gasteiger charge is -2.30. The van der Waals surface area contributed by atoms with Crippen LogP contribution in [0.5, 0.6) is 0 Å². The Morgan fingerprint density at radius 1 is 1.22 bits per heavy atom. The summed E-state index contributed by atoms with van der Waals surface area (Å²) in [5.41, 5.74) is 1.33. The van der Waals surface area contributed by atoms with Crippen LogP contribution in [0.3, 0.4) is 0 Å². The van der Waals surface area contributed by atoms with E-state index in [4.69, 9.17) is 9.47 Å². The van der Waals surface area contributed by atoms with Gasteiger partial charge in [0.15, 0.2) is 0 Å². The number of aromatic nitrogens is 1. The summed E-state index contributed by atoms with van der Waals surface area (Å²) >= 11 is 0. The zero-order valence-corrected chi connectivity index (χ0v) is 13.3. The van der Waals surface area contributed by atoms with Gasteiger partial charge < -0.3 is 18.9 Å². The normalized spacial score (nSPS) is 16.3. The van der Waals surface area contributed by atoms with Gasteiger partial charge >= 0.3 is 5.97 Å². The number of rotatable bonds is 3. The lowest BCUT2D eigenvalue weighted by atomic mass is 10.2. The molecule has 6 heteroatoms. The fourth-order valence-corrected chi connectivity index (χ4v) is 2.96. The first-order chi connectivity index (χ1) is 11.1. The van der Waals surface area contributed by atoms with Crippen molar-refractivity contribution in [1.82, 2.24) is 9.47 Å². The van der Waals surface area contributed by atoms with Crippen molar-refractivity contribution in [3.8, 4) is 0 Å². The van der Waals surface area contributed by atoms with Gasteiger partial charge in [0.25, 0.3) is 0 Å². The standard InChI is InChI=1S/C17H20N2O4/c1-12(16(20)18-7-9-23-10-8-18)19-11-14(17(21)22-2)13-5-3-4-6-15(13)19/h3-6,11-12H,7-10H2,1-2H3/t12-/m1/s1. The first kappa shape index (κ1) is 15.6. The molecule has 2 aromatic rings. The molecule has 0 radical (unpaired) electrons. The molecule has 122 valence electrons. The van der Waals surface area contributed by atoms with Gasteiger partial charge in [-0.15, -0.1) is 0 Å². The fraction of sp³-hybridized carbons (Fsp3) is 0.412. The monoisotopic (exact) mass is 316 g/mol. The van der Waals surface area contributed by atoms with Crippen molar-refractivity contribution in [1.29, 1.82) is 0 Å². The van der Waals surface area contributed by atoms with E-state index >= 15 is 0 Å². The molecule has 1 aliphatic heterocycles. The van der Waals surface area contributed by atoms with Crippen LogP contribution in [0.4, 0.5) is 0 Å². The van der Waals surface area contributed by atoms with Crippen LogP contribution in [-0.2, 0) is 14.3 Å². The predicted molar refractivity (Wildman–Crippen MR) is 85.4 cm³/mol. The number of ether oxygens (including phenoxy) is 2. The van der Waals surface area contributed by atoms with Gasteiger partial charge in [0.2, 0.25) is 5.91 Å². The van der Waals surface area contributed by atoms with E-state index < -0.39 is 12.0 Å². The molecule has 0 unspecified atom stereocenters. The molecule has 0 saturated carbocycles. The highest BCUT2D eigenvalue weighted by molar-refractivity contribution is 6.04. The predicted octanol–water partition coefficient (Wildman–Crippen LogP) is 1.85. The van der Waals surface area contributed by atoms with Crippen LogP contribution in [0, 0.1) is 0 Å². The maximum Gasteiger partial charge on any atom is 0.340 e. The first-order valence-electron chi connectivity index (χ1n) is 7.68. The molecule has 0 spiro atoms. The Kier molecular flexibility index (Phi) is 4.34. The van der Waals surface area contributed by atoms with Crippen molar-refractivity contribution in [3.63, 3.8) is 0 Å². The summed E-state index contributed by atoms with van der Waals surface area (Å²) in [6, 6.07) is 7.14. The number of carbonyl (C=O) groups is 2. The van der Waals surface area contributed by atoms with Gasteiger partial charge in [-0.05, 0) is 13.0 Å². The summed E-state index contributed by atoms with van der Waals surface area (Å²) < 4.78 is 12.0. The number of methoxy groups -OCH3 is 1. The third-order valence-electron chi connectivity index (χ3n) is 4.24. The molecule has 3 rings (SSSR count). The van der Waals surface area contributed by atoms with Crippen LogP contribution in [0.25, 0.3) is 10.9 Å². The lowest BCUT2D eigenvalue weighted by Crippen LogP contribution is -2.43. The zero-order valence-electron chi connectivity index (χ0n) is 13.3. The van der Waals surface area contributed by atoms with Crippen molar-refractivity contribution in [2.45, 2.75) is 13.0 Å². The number of hydrogen-bond acceptors (Lipinski definition) is 4. The van der Waals surface area contributed by atoms with E-state index in [1.54, 1.807) is 11.1 Å². The largest absolute Gasteiger partial charge is 0.465 e. The van der Waals surface area contributed by atoms with Crippen LogP contribution in [-0.4, -0.2) is 54.8 Å². The third-order valence-corrected chi connectivity index (χ3v) is 4.24. The minimum Gasteiger partial charge on any atom is -0.465 e. The van der Waals surface area contributed by atoms with Gasteiger partial charge in [-0.1, -0.05) is 18.2 Å². The van der Waals surface area contributed by atoms with Gasteiger partial charge in [0.1, 0.15) is 6.04 Å². The van der Waals surface area contributed by atoms with Crippen LogP contribution in [0.1, 0.15) is 23.3 Å². The highest BCUT2D eigenvalue weighted by Crippen LogP contribution is 2.26. The van der Waals surface area contributed by atoms with Crippen LogP contribution in [0.2, 0.25) is 0 Å². The molecular weight excluding hydrogens is 296 g/mol. The number of carbonyl (C=O) groups excluding carboxylic acids is 2. The minimum absolute atomic E-state index is 0.0328. The Morgan fingerprint density at radius 2 is 1.91 bits per heavy atom. The topological polar surface area (TPSA) is 60.8 Å². The molecule has 1 amide bonds. The van der Waals surface area contributed by atoms with Gasteiger partial charge in [0, 0.05) is 30.2 Å². The van der Waals surface area contributed by atoms with Gasteiger partial charge in [-0.3, -0.25) is 4.79 Å². The van der Waals surface area contributed by atoms with E-state index in [2.05, 4.69) is 0 Å². The summed E-state index contributed by atoms with van der Waals surface area (Å²) in [6.45, 7) is 4.19. The fourth-order valence-electron chi connectivity index (χ4n) is 2.96. The SMILES string of the molecule is COC(=O)c1cn([C@H](C)C(=O)N2CCOCC2)c2ccccc12. The van der Waals surface area contributed by atoms with E-state index in [0.717, 1.165) is 10.9 Å². The molecule has 0 bridgehead atoms. The van der Waals surface area contributed by atoms with Crippen molar-refractivity contribution in [2.24, 2.45) is 0 Å².